The van der Waals surface area contributed by atoms with Crippen molar-refractivity contribution in [2.75, 3.05) is 13.6 Å². The first-order valence-corrected chi connectivity index (χ1v) is 9.40. The third kappa shape index (κ3) is 3.50. The van der Waals surface area contributed by atoms with E-state index in [1.54, 1.807) is 23.3 Å². The number of hydrogen-bond acceptors (Lipinski definition) is 5. The second-order valence-corrected chi connectivity index (χ2v) is 7.78. The smallest absolute Gasteiger partial charge is 0.270 e. The van der Waals surface area contributed by atoms with Crippen molar-refractivity contribution >= 4 is 28.9 Å². The van der Waals surface area contributed by atoms with Crippen LogP contribution in [0.15, 0.2) is 5.10 Å². The summed E-state index contributed by atoms with van der Waals surface area (Å²) in [5.41, 5.74) is 1.69. The number of nitrogens with zero attached hydrogens (tertiary/aromatic N) is 4. The van der Waals surface area contributed by atoms with Gasteiger partial charge in [-0.3, -0.25) is 9.59 Å². The van der Waals surface area contributed by atoms with Crippen molar-refractivity contribution in [2.24, 2.45) is 11.0 Å². The summed E-state index contributed by atoms with van der Waals surface area (Å²) < 4.78 is 0. The zero-order valence-electron chi connectivity index (χ0n) is 14.5. The predicted octanol–water partition coefficient (Wildman–Crippen LogP) is 2.22. The Hall–Kier alpha value is -1.76. The van der Waals surface area contributed by atoms with E-state index >= 15 is 0 Å². The highest BCUT2D eigenvalue weighted by Crippen LogP contribution is 2.30. The summed E-state index contributed by atoms with van der Waals surface area (Å²) in [6.45, 7) is 5.38. The van der Waals surface area contributed by atoms with Gasteiger partial charge in [-0.25, -0.2) is 9.99 Å². The third-order valence-corrected chi connectivity index (χ3v) is 5.78. The Labute approximate surface area is 146 Å². The molecular formula is C17H24N4O2S. The molecule has 0 N–H and O–H groups in total. The quantitative estimate of drug-likeness (QED) is 0.838. The fourth-order valence-corrected chi connectivity index (χ4v) is 4.45. The number of fused-ring (bicyclic) bond motifs is 1. The first-order chi connectivity index (χ1) is 11.5. The Kier molecular flexibility index (Phi) is 4.99. The standard InChI is InChI=1S/C17H24N4O2S/c1-4-21(17(23)13-7-8-16(22)20(3)19-13)10-15-18-12-6-5-11(2)9-14(12)24-15/h11H,4-10H2,1-3H3. The number of hydrogen-bond donors (Lipinski definition) is 0. The summed E-state index contributed by atoms with van der Waals surface area (Å²) in [5.74, 6) is 0.592. The van der Waals surface area contributed by atoms with Gasteiger partial charge in [0, 0.05) is 31.3 Å². The number of aromatic nitrogens is 1. The topological polar surface area (TPSA) is 65.9 Å². The summed E-state index contributed by atoms with van der Waals surface area (Å²) in [6.07, 6.45) is 4.12. The molecule has 1 aliphatic heterocycles. The molecule has 1 unspecified atom stereocenters. The van der Waals surface area contributed by atoms with E-state index in [9.17, 15) is 9.59 Å². The minimum Gasteiger partial charge on any atom is -0.331 e. The molecule has 6 nitrogen and oxygen atoms in total. The van der Waals surface area contributed by atoms with E-state index in [4.69, 9.17) is 4.98 Å². The minimum atomic E-state index is -0.0848. The predicted molar refractivity (Wildman–Crippen MR) is 93.8 cm³/mol. The highest BCUT2D eigenvalue weighted by molar-refractivity contribution is 7.11. The molecule has 1 aromatic rings. The van der Waals surface area contributed by atoms with Gasteiger partial charge in [0.05, 0.1) is 12.2 Å². The number of rotatable bonds is 4. The van der Waals surface area contributed by atoms with Crippen LogP contribution in [0.2, 0.25) is 0 Å². The fraction of sp³-hybridized carbons (Fsp3) is 0.647. The van der Waals surface area contributed by atoms with Crippen molar-refractivity contribution in [1.29, 1.82) is 0 Å². The molecule has 0 bridgehead atoms. The molecule has 0 aromatic carbocycles. The first-order valence-electron chi connectivity index (χ1n) is 8.58. The SMILES string of the molecule is CCN(Cc1nc2c(s1)CC(C)CC2)C(=O)C1=NN(C)C(=O)CC1. The Morgan fingerprint density at radius 3 is 2.88 bits per heavy atom. The first kappa shape index (κ1) is 17.1. The molecule has 3 rings (SSSR count). The van der Waals surface area contributed by atoms with Crippen molar-refractivity contribution in [2.45, 2.75) is 52.5 Å². The number of aryl methyl sites for hydroxylation is 1. The molecule has 2 aliphatic rings. The Morgan fingerprint density at radius 1 is 1.38 bits per heavy atom. The van der Waals surface area contributed by atoms with Crippen LogP contribution < -0.4 is 0 Å². The van der Waals surface area contributed by atoms with E-state index in [2.05, 4.69) is 12.0 Å². The van der Waals surface area contributed by atoms with E-state index in [0.29, 0.717) is 31.6 Å². The summed E-state index contributed by atoms with van der Waals surface area (Å²) >= 11 is 1.74. The van der Waals surface area contributed by atoms with Crippen LogP contribution in [0.3, 0.4) is 0 Å². The number of thiazole rings is 1. The maximum Gasteiger partial charge on any atom is 0.270 e. The molecule has 0 saturated carbocycles. The highest BCUT2D eigenvalue weighted by Gasteiger charge is 2.27. The van der Waals surface area contributed by atoms with Gasteiger partial charge in [-0.05, 0) is 32.1 Å². The lowest BCUT2D eigenvalue weighted by molar-refractivity contribution is -0.130. The molecule has 1 atom stereocenters. The molecule has 7 heteroatoms. The van der Waals surface area contributed by atoms with E-state index in [1.807, 2.05) is 6.92 Å². The molecule has 0 spiro atoms. The Bertz CT molecular complexity index is 682. The van der Waals surface area contributed by atoms with Gasteiger partial charge >= 0.3 is 0 Å². The lowest BCUT2D eigenvalue weighted by Crippen LogP contribution is -2.40. The van der Waals surface area contributed by atoms with Crippen molar-refractivity contribution in [3.05, 3.63) is 15.6 Å². The van der Waals surface area contributed by atoms with E-state index in [1.165, 1.54) is 22.0 Å². The Balaban J connectivity index is 1.72. The molecule has 24 heavy (non-hydrogen) atoms. The van der Waals surface area contributed by atoms with Crippen LogP contribution in [0, 0.1) is 5.92 Å². The molecule has 2 heterocycles. The molecule has 1 aromatic heterocycles. The van der Waals surface area contributed by atoms with E-state index in [-0.39, 0.29) is 11.8 Å². The number of hydrazone groups is 1. The van der Waals surface area contributed by atoms with Crippen molar-refractivity contribution in [3.8, 4) is 0 Å². The third-order valence-electron chi connectivity index (χ3n) is 4.68. The van der Waals surface area contributed by atoms with Crippen molar-refractivity contribution < 1.29 is 9.59 Å². The molecule has 2 amide bonds. The van der Waals surface area contributed by atoms with E-state index in [0.717, 1.165) is 23.8 Å². The van der Waals surface area contributed by atoms with Gasteiger partial charge in [-0.15, -0.1) is 11.3 Å². The van der Waals surface area contributed by atoms with Crippen LogP contribution in [0.5, 0.6) is 0 Å². The maximum atomic E-state index is 12.7. The van der Waals surface area contributed by atoms with Crippen molar-refractivity contribution in [3.63, 3.8) is 0 Å². The maximum absolute atomic E-state index is 12.7. The van der Waals surface area contributed by atoms with E-state index < -0.39 is 0 Å². The average Bonchev–Trinajstić information content (AvgIpc) is 2.96. The highest BCUT2D eigenvalue weighted by atomic mass is 32.1. The van der Waals surface area contributed by atoms with Crippen LogP contribution in [-0.2, 0) is 29.0 Å². The largest absolute Gasteiger partial charge is 0.331 e. The van der Waals surface area contributed by atoms with Crippen LogP contribution in [-0.4, -0.2) is 46.0 Å². The average molecular weight is 348 g/mol. The van der Waals surface area contributed by atoms with Crippen LogP contribution in [0.1, 0.15) is 48.7 Å². The van der Waals surface area contributed by atoms with Gasteiger partial charge in [0.25, 0.3) is 5.91 Å². The molecule has 1 aliphatic carbocycles. The lowest BCUT2D eigenvalue weighted by Gasteiger charge is -2.24. The van der Waals surface area contributed by atoms with Gasteiger partial charge < -0.3 is 4.90 Å². The van der Waals surface area contributed by atoms with Crippen LogP contribution in [0.4, 0.5) is 0 Å². The molecule has 130 valence electrons. The molecular weight excluding hydrogens is 324 g/mol. The summed E-state index contributed by atoms with van der Waals surface area (Å²) in [5, 5.41) is 6.42. The van der Waals surface area contributed by atoms with Crippen molar-refractivity contribution in [1.82, 2.24) is 14.9 Å². The summed E-state index contributed by atoms with van der Waals surface area (Å²) in [7, 11) is 1.60. The van der Waals surface area contributed by atoms with Gasteiger partial charge in [-0.1, -0.05) is 6.92 Å². The minimum absolute atomic E-state index is 0.0451. The Morgan fingerprint density at radius 2 is 2.17 bits per heavy atom. The second kappa shape index (κ2) is 7.01. The molecule has 0 radical (unpaired) electrons. The summed E-state index contributed by atoms with van der Waals surface area (Å²) in [4.78, 5) is 32.1. The number of carbonyl (C=O) groups excluding carboxylic acids is 2. The van der Waals surface area contributed by atoms with Gasteiger partial charge in [0.2, 0.25) is 5.91 Å². The number of amides is 2. The monoisotopic (exact) mass is 348 g/mol. The van der Waals surface area contributed by atoms with Gasteiger partial charge in [0.1, 0.15) is 10.7 Å². The van der Waals surface area contributed by atoms with Gasteiger partial charge in [-0.2, -0.15) is 5.10 Å². The van der Waals surface area contributed by atoms with Gasteiger partial charge in [0.15, 0.2) is 0 Å². The summed E-state index contributed by atoms with van der Waals surface area (Å²) in [6, 6.07) is 0. The zero-order valence-corrected chi connectivity index (χ0v) is 15.4. The zero-order chi connectivity index (χ0) is 17.3. The second-order valence-electron chi connectivity index (χ2n) is 6.61. The lowest BCUT2D eigenvalue weighted by atomic mass is 9.93. The van der Waals surface area contributed by atoms with Crippen LogP contribution in [0.25, 0.3) is 0 Å². The molecule has 0 fully saturated rings. The molecule has 0 saturated heterocycles. The van der Waals surface area contributed by atoms with Crippen LogP contribution >= 0.6 is 11.3 Å². The fourth-order valence-electron chi connectivity index (χ4n) is 3.16. The number of carbonyl (C=O) groups is 2. The normalized spacial score (nSPS) is 20.6.